The van der Waals surface area contributed by atoms with Crippen LogP contribution < -0.4 is 5.32 Å². The Bertz CT molecular complexity index is 254. The van der Waals surface area contributed by atoms with E-state index in [1.54, 1.807) is 0 Å². The number of allylic oxidation sites excluding steroid dienone is 1. The molecule has 1 saturated heterocycles. The third-order valence-electron chi connectivity index (χ3n) is 3.23. The van der Waals surface area contributed by atoms with Crippen molar-refractivity contribution in [1.82, 2.24) is 10.2 Å². The van der Waals surface area contributed by atoms with E-state index < -0.39 is 0 Å². The highest BCUT2D eigenvalue weighted by molar-refractivity contribution is 5.88. The van der Waals surface area contributed by atoms with Crippen LogP contribution in [0.4, 0.5) is 0 Å². The maximum absolute atomic E-state index is 11.7. The third kappa shape index (κ3) is 1.98. The molecule has 0 aromatic heterocycles. The largest absolute Gasteiger partial charge is 0.338 e. The number of nitrogens with one attached hydrogen (secondary N) is 1. The molecule has 1 unspecified atom stereocenters. The van der Waals surface area contributed by atoms with E-state index in [9.17, 15) is 4.79 Å². The van der Waals surface area contributed by atoms with Gasteiger partial charge in [-0.2, -0.15) is 0 Å². The van der Waals surface area contributed by atoms with E-state index in [1.165, 1.54) is 12.0 Å². The second-order valence-corrected chi connectivity index (χ2v) is 4.21. The van der Waals surface area contributed by atoms with Crippen molar-refractivity contribution in [3.63, 3.8) is 0 Å². The van der Waals surface area contributed by atoms with Crippen LogP contribution in [0.25, 0.3) is 0 Å². The molecule has 1 amide bonds. The Kier molecular flexibility index (Phi) is 2.87. The van der Waals surface area contributed by atoms with Gasteiger partial charge in [-0.25, -0.2) is 0 Å². The van der Waals surface area contributed by atoms with Crippen LogP contribution in [-0.2, 0) is 4.79 Å². The van der Waals surface area contributed by atoms with Crippen LogP contribution in [0.15, 0.2) is 11.6 Å². The molecule has 3 heteroatoms. The topological polar surface area (TPSA) is 32.3 Å². The first kappa shape index (κ1) is 9.71. The van der Waals surface area contributed by atoms with E-state index in [1.807, 2.05) is 18.0 Å². The highest BCUT2D eigenvalue weighted by atomic mass is 16.2. The smallest absolute Gasteiger partial charge is 0.246 e. The average Bonchev–Trinajstić information content (AvgIpc) is 2.59. The predicted molar refractivity (Wildman–Crippen MR) is 56.0 cm³/mol. The number of likely N-dealkylation sites (N-methyl/N-ethyl adjacent to an activating group) is 1. The van der Waals surface area contributed by atoms with Gasteiger partial charge in [0.15, 0.2) is 0 Å². The summed E-state index contributed by atoms with van der Waals surface area (Å²) < 4.78 is 0. The van der Waals surface area contributed by atoms with Gasteiger partial charge in [0.05, 0.1) is 0 Å². The van der Waals surface area contributed by atoms with E-state index in [4.69, 9.17) is 0 Å². The standard InChI is InChI=1S/C11H18N2O/c1-12-10-5-6-13(8-10)11(14)7-9-3-2-4-9/h7,10,12H,2-6,8H2,1H3. The SMILES string of the molecule is CNC1CCN(C(=O)C=C2CCC2)C1. The zero-order chi connectivity index (χ0) is 9.97. The van der Waals surface area contributed by atoms with Gasteiger partial charge in [0, 0.05) is 25.2 Å². The molecule has 0 aromatic rings. The number of nitrogens with zero attached hydrogens (tertiary/aromatic N) is 1. The quantitative estimate of drug-likeness (QED) is 0.663. The molecule has 78 valence electrons. The number of hydrogen-bond donors (Lipinski definition) is 1. The molecule has 0 aromatic carbocycles. The summed E-state index contributed by atoms with van der Waals surface area (Å²) in [5.41, 5.74) is 1.34. The summed E-state index contributed by atoms with van der Waals surface area (Å²) in [6.45, 7) is 1.78. The number of rotatable bonds is 2. The highest BCUT2D eigenvalue weighted by Gasteiger charge is 2.24. The molecular formula is C11H18N2O. The van der Waals surface area contributed by atoms with E-state index >= 15 is 0 Å². The van der Waals surface area contributed by atoms with Gasteiger partial charge in [0.2, 0.25) is 5.91 Å². The minimum atomic E-state index is 0.220. The summed E-state index contributed by atoms with van der Waals surface area (Å²) in [6, 6.07) is 0.499. The van der Waals surface area contributed by atoms with Crippen LogP contribution in [0.2, 0.25) is 0 Å². The Morgan fingerprint density at radius 3 is 2.86 bits per heavy atom. The van der Waals surface area contributed by atoms with Gasteiger partial charge in [0.25, 0.3) is 0 Å². The third-order valence-corrected chi connectivity index (χ3v) is 3.23. The van der Waals surface area contributed by atoms with E-state index in [0.717, 1.165) is 32.4 Å². The lowest BCUT2D eigenvalue weighted by Gasteiger charge is -2.19. The fourth-order valence-corrected chi connectivity index (χ4v) is 1.99. The van der Waals surface area contributed by atoms with Crippen molar-refractivity contribution in [2.24, 2.45) is 0 Å². The van der Waals surface area contributed by atoms with Crippen LogP contribution in [0.3, 0.4) is 0 Å². The molecule has 3 nitrogen and oxygen atoms in total. The Morgan fingerprint density at radius 1 is 1.57 bits per heavy atom. The predicted octanol–water partition coefficient (Wildman–Crippen LogP) is 0.917. The minimum absolute atomic E-state index is 0.220. The molecule has 0 radical (unpaired) electrons. The first-order valence-electron chi connectivity index (χ1n) is 5.45. The molecule has 1 heterocycles. The number of carbonyl (C=O) groups is 1. The van der Waals surface area contributed by atoms with Gasteiger partial charge in [0.1, 0.15) is 0 Å². The van der Waals surface area contributed by atoms with Crippen molar-refractivity contribution in [2.75, 3.05) is 20.1 Å². The lowest BCUT2D eigenvalue weighted by atomic mass is 9.92. The van der Waals surface area contributed by atoms with E-state index in [-0.39, 0.29) is 5.91 Å². The monoisotopic (exact) mass is 194 g/mol. The van der Waals surface area contributed by atoms with Gasteiger partial charge in [-0.05, 0) is 32.7 Å². The second-order valence-electron chi connectivity index (χ2n) is 4.21. The molecule has 2 fully saturated rings. The van der Waals surface area contributed by atoms with Crippen molar-refractivity contribution in [3.8, 4) is 0 Å². The maximum atomic E-state index is 11.7. The number of hydrogen-bond acceptors (Lipinski definition) is 2. The molecule has 2 aliphatic rings. The average molecular weight is 194 g/mol. The zero-order valence-corrected chi connectivity index (χ0v) is 8.75. The number of likely N-dealkylation sites (tertiary alicyclic amines) is 1. The molecule has 1 aliphatic carbocycles. The van der Waals surface area contributed by atoms with Crippen molar-refractivity contribution < 1.29 is 4.79 Å². The van der Waals surface area contributed by atoms with Crippen molar-refractivity contribution >= 4 is 5.91 Å². The summed E-state index contributed by atoms with van der Waals surface area (Å²) in [7, 11) is 1.96. The molecule has 14 heavy (non-hydrogen) atoms. The number of amides is 1. The Labute approximate surface area is 85.2 Å². The van der Waals surface area contributed by atoms with Crippen LogP contribution in [0.5, 0.6) is 0 Å². The summed E-state index contributed by atoms with van der Waals surface area (Å²) in [5.74, 6) is 0.220. The minimum Gasteiger partial charge on any atom is -0.338 e. The van der Waals surface area contributed by atoms with Crippen LogP contribution in [-0.4, -0.2) is 37.0 Å². The van der Waals surface area contributed by atoms with Crippen molar-refractivity contribution in [3.05, 3.63) is 11.6 Å². The Hall–Kier alpha value is -0.830. The Morgan fingerprint density at radius 2 is 2.36 bits per heavy atom. The summed E-state index contributed by atoms with van der Waals surface area (Å²) in [6.07, 6.45) is 6.47. The van der Waals surface area contributed by atoms with Gasteiger partial charge in [-0.15, -0.1) is 0 Å². The Balaban J connectivity index is 1.86. The van der Waals surface area contributed by atoms with Crippen LogP contribution in [0, 0.1) is 0 Å². The first-order valence-corrected chi connectivity index (χ1v) is 5.45. The second kappa shape index (κ2) is 4.13. The fourth-order valence-electron chi connectivity index (χ4n) is 1.99. The molecule has 2 rings (SSSR count). The van der Waals surface area contributed by atoms with Crippen molar-refractivity contribution in [1.29, 1.82) is 0 Å². The lowest BCUT2D eigenvalue weighted by molar-refractivity contribution is -0.125. The molecule has 1 N–H and O–H groups in total. The lowest BCUT2D eigenvalue weighted by Crippen LogP contribution is -2.32. The number of carbonyl (C=O) groups excluding carboxylic acids is 1. The summed E-state index contributed by atoms with van der Waals surface area (Å²) in [5, 5.41) is 3.22. The van der Waals surface area contributed by atoms with Crippen LogP contribution >= 0.6 is 0 Å². The molecule has 0 bridgehead atoms. The first-order chi connectivity index (χ1) is 6.79. The highest BCUT2D eigenvalue weighted by Crippen LogP contribution is 2.25. The van der Waals surface area contributed by atoms with Crippen LogP contribution in [0.1, 0.15) is 25.7 Å². The van der Waals surface area contributed by atoms with Crippen molar-refractivity contribution in [2.45, 2.75) is 31.7 Å². The maximum Gasteiger partial charge on any atom is 0.246 e. The normalized spacial score (nSPS) is 26.2. The fraction of sp³-hybridized carbons (Fsp3) is 0.727. The molecule has 1 atom stereocenters. The summed E-state index contributed by atoms with van der Waals surface area (Å²) >= 11 is 0. The molecular weight excluding hydrogens is 176 g/mol. The van der Waals surface area contributed by atoms with Gasteiger partial charge in [-0.1, -0.05) is 5.57 Å². The van der Waals surface area contributed by atoms with Gasteiger partial charge >= 0.3 is 0 Å². The molecule has 1 aliphatic heterocycles. The molecule has 0 spiro atoms. The summed E-state index contributed by atoms with van der Waals surface area (Å²) in [4.78, 5) is 13.7. The van der Waals surface area contributed by atoms with Gasteiger partial charge in [-0.3, -0.25) is 4.79 Å². The van der Waals surface area contributed by atoms with E-state index in [0.29, 0.717) is 6.04 Å². The molecule has 1 saturated carbocycles. The van der Waals surface area contributed by atoms with Gasteiger partial charge < -0.3 is 10.2 Å². The van der Waals surface area contributed by atoms with E-state index in [2.05, 4.69) is 5.32 Å². The zero-order valence-electron chi connectivity index (χ0n) is 8.75.